The highest BCUT2D eigenvalue weighted by Gasteiger charge is 2.29. The average Bonchev–Trinajstić information content (AvgIpc) is 3.10. The fourth-order valence-corrected chi connectivity index (χ4v) is 4.98. The summed E-state index contributed by atoms with van der Waals surface area (Å²) in [5.41, 5.74) is 3.16. The summed E-state index contributed by atoms with van der Waals surface area (Å²) in [4.78, 5) is 20.3. The van der Waals surface area contributed by atoms with E-state index in [9.17, 15) is 4.79 Å². The maximum Gasteiger partial charge on any atom is 0.240 e. The molecule has 1 fully saturated rings. The molecule has 0 bridgehead atoms. The Bertz CT molecular complexity index is 916. The molecule has 1 amide bonds. The second-order valence-corrected chi connectivity index (χ2v) is 7.99. The van der Waals surface area contributed by atoms with Gasteiger partial charge in [0.05, 0.1) is 11.0 Å². The Morgan fingerprint density at radius 3 is 2.48 bits per heavy atom. The fourth-order valence-electron chi connectivity index (χ4n) is 3.72. The molecule has 4 rings (SSSR count). The Morgan fingerprint density at radius 1 is 1.04 bits per heavy atom. The lowest BCUT2D eigenvalue weighted by Crippen LogP contribution is -2.38. The molecule has 5 heteroatoms. The number of nitrogens with zero attached hydrogens (tertiary/aromatic N) is 3. The highest BCUT2D eigenvalue weighted by molar-refractivity contribution is 8.00. The van der Waals surface area contributed by atoms with Crippen LogP contribution in [0.4, 0.5) is 0 Å². The quantitative estimate of drug-likeness (QED) is 0.592. The number of aryl methyl sites for hydroxylation is 1. The van der Waals surface area contributed by atoms with Crippen LogP contribution in [-0.2, 0) is 11.3 Å². The molecule has 1 saturated heterocycles. The van der Waals surface area contributed by atoms with Gasteiger partial charge in [0.2, 0.25) is 5.91 Å². The van der Waals surface area contributed by atoms with Crippen LogP contribution in [0.5, 0.6) is 0 Å². The van der Waals surface area contributed by atoms with E-state index in [0.717, 1.165) is 54.2 Å². The summed E-state index contributed by atoms with van der Waals surface area (Å²) in [5, 5.41) is 0.657. The van der Waals surface area contributed by atoms with Gasteiger partial charge in [-0.1, -0.05) is 54.2 Å². The topological polar surface area (TPSA) is 38.1 Å². The Labute approximate surface area is 164 Å². The Kier molecular flexibility index (Phi) is 5.48. The van der Waals surface area contributed by atoms with Crippen molar-refractivity contribution in [1.82, 2.24) is 14.5 Å². The molecule has 0 radical (unpaired) electrons. The number of hydrogen-bond donors (Lipinski definition) is 0. The van der Waals surface area contributed by atoms with Crippen molar-refractivity contribution in [2.45, 2.75) is 43.1 Å². The average molecular weight is 380 g/mol. The number of rotatable bonds is 5. The summed E-state index contributed by atoms with van der Waals surface area (Å²) >= 11 is 1.58. The van der Waals surface area contributed by atoms with Gasteiger partial charge >= 0.3 is 0 Å². The van der Waals surface area contributed by atoms with Crippen LogP contribution >= 0.6 is 11.8 Å². The molecule has 0 N–H and O–H groups in total. The lowest BCUT2D eigenvalue weighted by atomic mass is 10.1. The molecule has 2 heterocycles. The third kappa shape index (κ3) is 3.74. The molecular formula is C22H25N3OS. The Balaban J connectivity index is 1.70. The first-order valence-electron chi connectivity index (χ1n) is 9.73. The molecule has 1 aliphatic heterocycles. The third-order valence-electron chi connectivity index (χ3n) is 5.15. The minimum Gasteiger partial charge on any atom is -0.341 e. The van der Waals surface area contributed by atoms with E-state index in [-0.39, 0.29) is 11.2 Å². The fraction of sp³-hybridized carbons (Fsp3) is 0.364. The zero-order valence-corrected chi connectivity index (χ0v) is 16.5. The molecule has 0 saturated carbocycles. The van der Waals surface area contributed by atoms with Crippen molar-refractivity contribution >= 4 is 28.7 Å². The van der Waals surface area contributed by atoms with Gasteiger partial charge in [0.15, 0.2) is 5.16 Å². The van der Waals surface area contributed by atoms with E-state index in [2.05, 4.69) is 29.7 Å². The number of piperidine rings is 1. The number of carbonyl (C=O) groups excluding carboxylic acids is 1. The van der Waals surface area contributed by atoms with Crippen LogP contribution in [0.25, 0.3) is 11.0 Å². The molecule has 4 nitrogen and oxygen atoms in total. The molecular weight excluding hydrogens is 354 g/mol. The molecule has 1 atom stereocenters. The summed E-state index contributed by atoms with van der Waals surface area (Å²) in [5.74, 6) is 0.209. The van der Waals surface area contributed by atoms with Crippen molar-refractivity contribution in [2.75, 3.05) is 13.1 Å². The first-order chi connectivity index (χ1) is 13.3. The van der Waals surface area contributed by atoms with Crippen LogP contribution in [0, 0.1) is 0 Å². The van der Waals surface area contributed by atoms with Crippen LogP contribution in [0.15, 0.2) is 59.8 Å². The van der Waals surface area contributed by atoms with Gasteiger partial charge in [-0.2, -0.15) is 0 Å². The molecule has 1 aromatic heterocycles. The predicted molar refractivity (Wildman–Crippen MR) is 111 cm³/mol. The van der Waals surface area contributed by atoms with Crippen LogP contribution in [-0.4, -0.2) is 33.4 Å². The predicted octanol–water partition coefficient (Wildman–Crippen LogP) is 4.90. The SMILES string of the molecule is CCn1c(S[C@@H](C(=O)N2CCCCC2)c2ccccc2)nc2ccccc21. The molecule has 27 heavy (non-hydrogen) atoms. The van der Waals surface area contributed by atoms with E-state index in [4.69, 9.17) is 4.98 Å². The van der Waals surface area contributed by atoms with Crippen LogP contribution in [0.2, 0.25) is 0 Å². The highest BCUT2D eigenvalue weighted by atomic mass is 32.2. The van der Waals surface area contributed by atoms with Crippen molar-refractivity contribution in [3.05, 3.63) is 60.2 Å². The molecule has 140 valence electrons. The second-order valence-electron chi connectivity index (χ2n) is 6.92. The summed E-state index contributed by atoms with van der Waals surface area (Å²) in [6.07, 6.45) is 3.43. The third-order valence-corrected chi connectivity index (χ3v) is 6.39. The zero-order chi connectivity index (χ0) is 18.6. The lowest BCUT2D eigenvalue weighted by Gasteiger charge is -2.30. The lowest BCUT2D eigenvalue weighted by molar-refractivity contribution is -0.131. The van der Waals surface area contributed by atoms with E-state index >= 15 is 0 Å². The summed E-state index contributed by atoms with van der Waals surface area (Å²) in [7, 11) is 0. The molecule has 0 unspecified atom stereocenters. The molecule has 0 aliphatic carbocycles. The van der Waals surface area contributed by atoms with Gasteiger partial charge in [0.1, 0.15) is 5.25 Å². The van der Waals surface area contributed by atoms with Gasteiger partial charge in [-0.05, 0) is 43.9 Å². The summed E-state index contributed by atoms with van der Waals surface area (Å²) in [6.45, 7) is 4.70. The number of amides is 1. The Morgan fingerprint density at radius 2 is 1.74 bits per heavy atom. The van der Waals surface area contributed by atoms with Crippen molar-refractivity contribution in [2.24, 2.45) is 0 Å². The van der Waals surface area contributed by atoms with Crippen LogP contribution in [0.1, 0.15) is 37.0 Å². The molecule has 2 aromatic carbocycles. The second kappa shape index (κ2) is 8.17. The summed E-state index contributed by atoms with van der Waals surface area (Å²) < 4.78 is 2.21. The van der Waals surface area contributed by atoms with E-state index in [1.165, 1.54) is 6.42 Å². The zero-order valence-electron chi connectivity index (χ0n) is 15.7. The van der Waals surface area contributed by atoms with Crippen molar-refractivity contribution < 1.29 is 4.79 Å². The van der Waals surface area contributed by atoms with Crippen LogP contribution < -0.4 is 0 Å². The Hall–Kier alpha value is -2.27. The van der Waals surface area contributed by atoms with Crippen molar-refractivity contribution in [3.8, 4) is 0 Å². The normalized spacial score (nSPS) is 15.8. The van der Waals surface area contributed by atoms with E-state index in [1.54, 1.807) is 11.8 Å². The number of carbonyl (C=O) groups is 1. The standard InChI is InChI=1S/C22H25N3OS/c1-2-25-19-14-8-7-13-18(19)23-22(25)27-20(17-11-5-3-6-12-17)21(26)24-15-9-4-10-16-24/h3,5-8,11-14,20H,2,4,9-10,15-16H2,1H3/t20-/m1/s1. The van der Waals surface area contributed by atoms with Gasteiger partial charge in [-0.15, -0.1) is 0 Å². The molecule has 1 aliphatic rings. The first kappa shape index (κ1) is 18.1. The van der Waals surface area contributed by atoms with Gasteiger partial charge in [-0.25, -0.2) is 4.98 Å². The van der Waals surface area contributed by atoms with E-state index in [1.807, 2.05) is 41.3 Å². The van der Waals surface area contributed by atoms with Gasteiger partial charge in [-0.3, -0.25) is 4.79 Å². The smallest absolute Gasteiger partial charge is 0.240 e. The van der Waals surface area contributed by atoms with E-state index in [0.29, 0.717) is 0 Å². The van der Waals surface area contributed by atoms with Crippen molar-refractivity contribution in [1.29, 1.82) is 0 Å². The number of benzene rings is 2. The van der Waals surface area contributed by atoms with E-state index < -0.39 is 0 Å². The maximum atomic E-state index is 13.4. The number of imidazole rings is 1. The number of para-hydroxylation sites is 2. The highest BCUT2D eigenvalue weighted by Crippen LogP contribution is 2.38. The van der Waals surface area contributed by atoms with Crippen LogP contribution in [0.3, 0.4) is 0 Å². The monoisotopic (exact) mass is 379 g/mol. The van der Waals surface area contributed by atoms with Gasteiger partial charge < -0.3 is 9.47 Å². The summed E-state index contributed by atoms with van der Waals surface area (Å²) in [6, 6.07) is 18.3. The maximum absolute atomic E-state index is 13.4. The minimum atomic E-state index is -0.258. The van der Waals surface area contributed by atoms with Crippen molar-refractivity contribution in [3.63, 3.8) is 0 Å². The number of aromatic nitrogens is 2. The number of likely N-dealkylation sites (tertiary alicyclic amines) is 1. The minimum absolute atomic E-state index is 0.209. The van der Waals surface area contributed by atoms with Gasteiger partial charge in [0, 0.05) is 19.6 Å². The number of fused-ring (bicyclic) bond motifs is 1. The number of thioether (sulfide) groups is 1. The number of hydrogen-bond acceptors (Lipinski definition) is 3. The largest absolute Gasteiger partial charge is 0.341 e. The first-order valence-corrected chi connectivity index (χ1v) is 10.6. The van der Waals surface area contributed by atoms with Gasteiger partial charge in [0.25, 0.3) is 0 Å². The molecule has 3 aromatic rings. The molecule has 0 spiro atoms.